The van der Waals surface area contributed by atoms with E-state index in [9.17, 15) is 4.79 Å². The van der Waals surface area contributed by atoms with Gasteiger partial charge in [-0.05, 0) is 43.8 Å². The molecule has 122 valence electrons. The third-order valence-electron chi connectivity index (χ3n) is 4.58. The molecule has 1 aliphatic rings. The zero-order valence-corrected chi connectivity index (χ0v) is 13.9. The third-order valence-corrected chi connectivity index (χ3v) is 4.58. The van der Waals surface area contributed by atoms with Crippen LogP contribution in [0.4, 0.5) is 0 Å². The average molecular weight is 309 g/mol. The summed E-state index contributed by atoms with van der Waals surface area (Å²) in [5, 5.41) is 0. The Bertz CT molecular complexity index is 550. The zero-order valence-electron chi connectivity index (χ0n) is 13.9. The van der Waals surface area contributed by atoms with Gasteiger partial charge in [-0.3, -0.25) is 9.69 Å². The molecule has 0 aromatic heterocycles. The van der Waals surface area contributed by atoms with E-state index >= 15 is 0 Å². The normalized spacial score (nSPS) is 17.0. The van der Waals surface area contributed by atoms with Crippen molar-refractivity contribution in [2.45, 2.75) is 25.7 Å². The van der Waals surface area contributed by atoms with E-state index in [1.807, 2.05) is 48.6 Å². The number of rotatable bonds is 8. The molecule has 1 aromatic carbocycles. The second-order valence-electron chi connectivity index (χ2n) is 6.23. The van der Waals surface area contributed by atoms with E-state index in [4.69, 9.17) is 0 Å². The van der Waals surface area contributed by atoms with Gasteiger partial charge in [-0.2, -0.15) is 0 Å². The van der Waals surface area contributed by atoms with E-state index in [0.717, 1.165) is 31.6 Å². The molecular weight excluding hydrogens is 282 g/mol. The van der Waals surface area contributed by atoms with Gasteiger partial charge in [0.25, 0.3) is 0 Å². The number of likely N-dealkylation sites (tertiary alicyclic amines) is 1. The van der Waals surface area contributed by atoms with Crippen molar-refractivity contribution in [2.24, 2.45) is 5.92 Å². The molecule has 0 spiro atoms. The van der Waals surface area contributed by atoms with Crippen LogP contribution in [0, 0.1) is 5.92 Å². The van der Waals surface area contributed by atoms with E-state index in [2.05, 4.69) is 18.1 Å². The topological polar surface area (TPSA) is 20.3 Å². The van der Waals surface area contributed by atoms with E-state index < -0.39 is 0 Å². The van der Waals surface area contributed by atoms with Crippen LogP contribution in [0.15, 0.2) is 67.3 Å². The lowest BCUT2D eigenvalue weighted by Gasteiger charge is -2.32. The standard InChI is InChI=1S/C21H27NO/c1-3-8-18(4-2)17-22-15-13-19(14-16-22)11-12-21(23)20-9-6-5-7-10-20/h3-10,19H,1-2,11-17H2/b18-8+. The molecule has 0 N–H and O–H groups in total. The van der Waals surface area contributed by atoms with Crippen molar-refractivity contribution in [1.82, 2.24) is 4.90 Å². The minimum absolute atomic E-state index is 0.274. The van der Waals surface area contributed by atoms with Gasteiger partial charge in [0.15, 0.2) is 5.78 Å². The van der Waals surface area contributed by atoms with Crippen LogP contribution >= 0.6 is 0 Å². The summed E-state index contributed by atoms with van der Waals surface area (Å²) in [5.41, 5.74) is 2.06. The minimum atomic E-state index is 0.274. The summed E-state index contributed by atoms with van der Waals surface area (Å²) in [6.07, 6.45) is 9.80. The van der Waals surface area contributed by atoms with Gasteiger partial charge in [-0.15, -0.1) is 0 Å². The second kappa shape index (κ2) is 9.26. The largest absolute Gasteiger partial charge is 0.299 e. The van der Waals surface area contributed by atoms with Gasteiger partial charge in [0.1, 0.15) is 0 Å². The van der Waals surface area contributed by atoms with E-state index in [-0.39, 0.29) is 5.78 Å². The highest BCUT2D eigenvalue weighted by Crippen LogP contribution is 2.23. The molecule has 0 radical (unpaired) electrons. The molecule has 23 heavy (non-hydrogen) atoms. The van der Waals surface area contributed by atoms with Crippen molar-refractivity contribution in [1.29, 1.82) is 0 Å². The van der Waals surface area contributed by atoms with Gasteiger partial charge in [0, 0.05) is 18.5 Å². The lowest BCUT2D eigenvalue weighted by Crippen LogP contribution is -2.35. The Kier molecular flexibility index (Phi) is 7.02. The molecule has 2 nitrogen and oxygen atoms in total. The predicted molar refractivity (Wildman–Crippen MR) is 97.6 cm³/mol. The van der Waals surface area contributed by atoms with Crippen LogP contribution in [0.25, 0.3) is 0 Å². The van der Waals surface area contributed by atoms with Gasteiger partial charge in [-0.25, -0.2) is 0 Å². The molecule has 1 saturated heterocycles. The summed E-state index contributed by atoms with van der Waals surface area (Å²) in [7, 11) is 0. The molecule has 1 aliphatic heterocycles. The highest BCUT2D eigenvalue weighted by atomic mass is 16.1. The van der Waals surface area contributed by atoms with Crippen molar-refractivity contribution in [3.8, 4) is 0 Å². The van der Waals surface area contributed by atoms with E-state index in [1.165, 1.54) is 18.4 Å². The molecule has 1 fully saturated rings. The molecule has 1 aromatic rings. The molecule has 2 heteroatoms. The Hall–Kier alpha value is -1.93. The van der Waals surface area contributed by atoms with Gasteiger partial charge < -0.3 is 0 Å². The minimum Gasteiger partial charge on any atom is -0.299 e. The number of carbonyl (C=O) groups is 1. The number of Topliss-reactive ketones (excluding diaryl/α,β-unsaturated/α-hetero) is 1. The lowest BCUT2D eigenvalue weighted by molar-refractivity contribution is 0.0964. The second-order valence-corrected chi connectivity index (χ2v) is 6.23. The summed E-state index contributed by atoms with van der Waals surface area (Å²) in [5.74, 6) is 0.949. The summed E-state index contributed by atoms with van der Waals surface area (Å²) in [4.78, 5) is 14.6. The molecular formula is C21H27NO. The molecule has 0 atom stereocenters. The monoisotopic (exact) mass is 309 g/mol. The van der Waals surface area contributed by atoms with Gasteiger partial charge in [0.05, 0.1) is 0 Å². The Morgan fingerprint density at radius 2 is 1.87 bits per heavy atom. The van der Waals surface area contributed by atoms with Crippen molar-refractivity contribution in [2.75, 3.05) is 19.6 Å². The van der Waals surface area contributed by atoms with E-state index in [1.54, 1.807) is 0 Å². The van der Waals surface area contributed by atoms with Crippen LogP contribution in [-0.2, 0) is 0 Å². The number of hydrogen-bond donors (Lipinski definition) is 0. The number of benzene rings is 1. The first kappa shape index (κ1) is 17.4. The maximum Gasteiger partial charge on any atom is 0.162 e. The first-order valence-corrected chi connectivity index (χ1v) is 8.47. The Morgan fingerprint density at radius 3 is 2.48 bits per heavy atom. The smallest absolute Gasteiger partial charge is 0.162 e. The molecule has 0 saturated carbocycles. The average Bonchev–Trinajstić information content (AvgIpc) is 2.61. The Labute approximate surface area is 140 Å². The fraction of sp³-hybridized carbons (Fsp3) is 0.381. The fourth-order valence-corrected chi connectivity index (χ4v) is 3.13. The first-order valence-electron chi connectivity index (χ1n) is 8.47. The number of nitrogens with zero attached hydrogens (tertiary/aromatic N) is 1. The van der Waals surface area contributed by atoms with Crippen molar-refractivity contribution < 1.29 is 4.79 Å². The van der Waals surface area contributed by atoms with Crippen molar-refractivity contribution >= 4 is 5.78 Å². The number of hydrogen-bond acceptors (Lipinski definition) is 2. The quantitative estimate of drug-likeness (QED) is 0.514. The number of carbonyl (C=O) groups excluding carboxylic acids is 1. The van der Waals surface area contributed by atoms with Crippen molar-refractivity contribution in [3.63, 3.8) is 0 Å². The van der Waals surface area contributed by atoms with E-state index in [0.29, 0.717) is 12.3 Å². The molecule has 0 amide bonds. The zero-order chi connectivity index (χ0) is 16.5. The summed E-state index contributed by atoms with van der Waals surface area (Å²) in [6.45, 7) is 10.8. The van der Waals surface area contributed by atoms with Crippen LogP contribution in [0.3, 0.4) is 0 Å². The maximum atomic E-state index is 12.2. The molecule has 0 aliphatic carbocycles. The number of allylic oxidation sites excluding steroid dienone is 2. The van der Waals surface area contributed by atoms with Crippen LogP contribution in [-0.4, -0.2) is 30.3 Å². The van der Waals surface area contributed by atoms with Crippen LogP contribution in [0.1, 0.15) is 36.0 Å². The predicted octanol–water partition coefficient (Wildman–Crippen LogP) is 4.66. The van der Waals surface area contributed by atoms with Gasteiger partial charge >= 0.3 is 0 Å². The molecule has 0 unspecified atom stereocenters. The molecule has 1 heterocycles. The Morgan fingerprint density at radius 1 is 1.17 bits per heavy atom. The van der Waals surface area contributed by atoms with Crippen molar-refractivity contribution in [3.05, 3.63) is 72.9 Å². The highest BCUT2D eigenvalue weighted by molar-refractivity contribution is 5.95. The SMILES string of the molecule is C=C/C=C(\C=C)CN1CCC(CCC(=O)c2ccccc2)CC1. The number of piperidine rings is 1. The highest BCUT2D eigenvalue weighted by Gasteiger charge is 2.20. The summed E-state index contributed by atoms with van der Waals surface area (Å²) in [6, 6.07) is 9.63. The first-order chi connectivity index (χ1) is 11.2. The lowest BCUT2D eigenvalue weighted by atomic mass is 9.90. The molecule has 0 bridgehead atoms. The van der Waals surface area contributed by atoms with Crippen LogP contribution < -0.4 is 0 Å². The van der Waals surface area contributed by atoms with Gasteiger partial charge in [0.2, 0.25) is 0 Å². The van der Waals surface area contributed by atoms with Crippen LogP contribution in [0.5, 0.6) is 0 Å². The third kappa shape index (κ3) is 5.65. The van der Waals surface area contributed by atoms with Gasteiger partial charge in [-0.1, -0.05) is 61.7 Å². The maximum absolute atomic E-state index is 12.2. The fourth-order valence-electron chi connectivity index (χ4n) is 3.13. The summed E-state index contributed by atoms with van der Waals surface area (Å²) < 4.78 is 0. The molecule has 2 rings (SSSR count). The van der Waals surface area contributed by atoms with Crippen LogP contribution in [0.2, 0.25) is 0 Å². The summed E-state index contributed by atoms with van der Waals surface area (Å²) >= 11 is 0. The Balaban J connectivity index is 1.72. The number of ketones is 1.